The predicted molar refractivity (Wildman–Crippen MR) is 74.7 cm³/mol. The first-order valence-corrected chi connectivity index (χ1v) is 7.05. The van der Waals surface area contributed by atoms with E-state index >= 15 is 0 Å². The van der Waals surface area contributed by atoms with E-state index in [0.29, 0.717) is 18.5 Å². The zero-order chi connectivity index (χ0) is 13.3. The summed E-state index contributed by atoms with van der Waals surface area (Å²) in [6.07, 6.45) is 2.44. The maximum absolute atomic E-state index is 5.93. The highest BCUT2D eigenvalue weighted by Crippen LogP contribution is 2.26. The topological polar surface area (TPSA) is 67.4 Å². The van der Waals surface area contributed by atoms with Gasteiger partial charge in [-0.1, -0.05) is 32.1 Å². The van der Waals surface area contributed by atoms with Gasteiger partial charge in [0.1, 0.15) is 10.0 Å². The summed E-state index contributed by atoms with van der Waals surface area (Å²) in [7, 11) is 2.00. The number of guanidine groups is 1. The van der Waals surface area contributed by atoms with E-state index in [2.05, 4.69) is 36.0 Å². The normalized spacial score (nSPS) is 17.0. The fraction of sp³-hybridized carbons (Fsp3) is 0.750. The van der Waals surface area contributed by atoms with Crippen LogP contribution in [0.2, 0.25) is 0 Å². The second-order valence-corrected chi connectivity index (χ2v) is 6.83. The Morgan fingerprint density at radius 3 is 2.61 bits per heavy atom. The fourth-order valence-electron chi connectivity index (χ4n) is 1.53. The van der Waals surface area contributed by atoms with Gasteiger partial charge in [-0.2, -0.15) is 0 Å². The third-order valence-electron chi connectivity index (χ3n) is 2.94. The van der Waals surface area contributed by atoms with E-state index in [-0.39, 0.29) is 5.41 Å². The van der Waals surface area contributed by atoms with E-state index in [4.69, 9.17) is 5.73 Å². The van der Waals surface area contributed by atoms with Crippen molar-refractivity contribution in [1.82, 2.24) is 15.1 Å². The van der Waals surface area contributed by atoms with Crippen molar-refractivity contribution in [2.45, 2.75) is 51.6 Å². The van der Waals surface area contributed by atoms with Crippen LogP contribution < -0.4 is 5.73 Å². The van der Waals surface area contributed by atoms with Crippen molar-refractivity contribution in [3.05, 3.63) is 10.0 Å². The molecule has 6 heteroatoms. The summed E-state index contributed by atoms with van der Waals surface area (Å²) < 4.78 is 0. The number of nitrogens with two attached hydrogens (primary N) is 1. The van der Waals surface area contributed by atoms with Gasteiger partial charge in [-0.15, -0.1) is 10.2 Å². The van der Waals surface area contributed by atoms with Gasteiger partial charge >= 0.3 is 0 Å². The molecule has 0 aromatic carbocycles. The minimum absolute atomic E-state index is 0.0516. The molecule has 0 amide bonds. The van der Waals surface area contributed by atoms with Crippen molar-refractivity contribution < 1.29 is 0 Å². The molecule has 1 heterocycles. The van der Waals surface area contributed by atoms with E-state index in [0.717, 1.165) is 10.0 Å². The largest absolute Gasteiger partial charge is 0.370 e. The molecule has 0 unspecified atom stereocenters. The van der Waals surface area contributed by atoms with Crippen LogP contribution in [0.5, 0.6) is 0 Å². The van der Waals surface area contributed by atoms with Crippen LogP contribution >= 0.6 is 11.3 Å². The first-order valence-electron chi connectivity index (χ1n) is 6.23. The minimum atomic E-state index is 0.0516. The molecule has 1 aliphatic carbocycles. The first-order chi connectivity index (χ1) is 8.38. The zero-order valence-electron chi connectivity index (χ0n) is 11.5. The maximum atomic E-state index is 5.93. The van der Waals surface area contributed by atoms with Crippen molar-refractivity contribution in [2.24, 2.45) is 10.7 Å². The van der Waals surface area contributed by atoms with Gasteiger partial charge in [-0.25, -0.2) is 4.99 Å². The van der Waals surface area contributed by atoms with Crippen molar-refractivity contribution >= 4 is 17.3 Å². The van der Waals surface area contributed by atoms with Crippen LogP contribution in [-0.2, 0) is 12.0 Å². The van der Waals surface area contributed by atoms with Crippen molar-refractivity contribution in [3.8, 4) is 0 Å². The Bertz CT molecular complexity index is 442. The van der Waals surface area contributed by atoms with Gasteiger partial charge < -0.3 is 10.6 Å². The summed E-state index contributed by atoms with van der Waals surface area (Å²) in [4.78, 5) is 6.43. The minimum Gasteiger partial charge on any atom is -0.370 e. The Labute approximate surface area is 112 Å². The molecule has 100 valence electrons. The Hall–Kier alpha value is -1.17. The Morgan fingerprint density at radius 2 is 2.11 bits per heavy atom. The van der Waals surface area contributed by atoms with Gasteiger partial charge in [-0.05, 0) is 12.8 Å². The molecule has 0 radical (unpaired) electrons. The summed E-state index contributed by atoms with van der Waals surface area (Å²) in [6.45, 7) is 6.93. The van der Waals surface area contributed by atoms with Crippen molar-refractivity contribution in [1.29, 1.82) is 0 Å². The molecule has 0 bridgehead atoms. The molecular formula is C12H21N5S. The van der Waals surface area contributed by atoms with Gasteiger partial charge in [-0.3, -0.25) is 0 Å². The monoisotopic (exact) mass is 267 g/mol. The third-order valence-corrected chi connectivity index (χ3v) is 4.27. The van der Waals surface area contributed by atoms with Crippen molar-refractivity contribution in [2.75, 3.05) is 7.05 Å². The van der Waals surface area contributed by atoms with Crippen LogP contribution in [-0.4, -0.2) is 34.1 Å². The summed E-state index contributed by atoms with van der Waals surface area (Å²) in [5.41, 5.74) is 5.98. The lowest BCUT2D eigenvalue weighted by molar-refractivity contribution is 0.487. The molecule has 1 aromatic heterocycles. The average Bonchev–Trinajstić information content (AvgIpc) is 3.02. The highest BCUT2D eigenvalue weighted by atomic mass is 32.1. The Kier molecular flexibility index (Phi) is 3.56. The standard InChI is InChI=1S/C12H21N5S/c1-12(2,3)10-16-15-9(18-10)7-14-11(13)17(4)8-5-6-8/h8H,5-7H2,1-4H3,(H2,13,14). The first kappa shape index (κ1) is 13.3. The number of aromatic nitrogens is 2. The number of hydrogen-bond acceptors (Lipinski definition) is 4. The van der Waals surface area contributed by atoms with Gasteiger partial charge in [0.2, 0.25) is 0 Å². The molecule has 2 rings (SSSR count). The van der Waals surface area contributed by atoms with Gasteiger partial charge in [0, 0.05) is 18.5 Å². The van der Waals surface area contributed by atoms with Crippen LogP contribution in [0.15, 0.2) is 4.99 Å². The molecule has 2 N–H and O–H groups in total. The number of nitrogens with zero attached hydrogens (tertiary/aromatic N) is 4. The molecule has 0 saturated heterocycles. The van der Waals surface area contributed by atoms with Gasteiger partial charge in [0.15, 0.2) is 5.96 Å². The van der Waals surface area contributed by atoms with E-state index < -0.39 is 0 Å². The lowest BCUT2D eigenvalue weighted by Gasteiger charge is -2.16. The summed E-state index contributed by atoms with van der Waals surface area (Å²) >= 11 is 1.61. The van der Waals surface area contributed by atoms with Crippen LogP contribution in [0.4, 0.5) is 0 Å². The van der Waals surface area contributed by atoms with Gasteiger partial charge in [0.25, 0.3) is 0 Å². The summed E-state index contributed by atoms with van der Waals surface area (Å²) in [6, 6.07) is 0.591. The smallest absolute Gasteiger partial charge is 0.191 e. The molecule has 0 aliphatic heterocycles. The fourth-order valence-corrected chi connectivity index (χ4v) is 2.35. The lowest BCUT2D eigenvalue weighted by atomic mass is 9.98. The molecule has 0 atom stereocenters. The van der Waals surface area contributed by atoms with Crippen LogP contribution in [0.3, 0.4) is 0 Å². The molecule has 1 aliphatic rings. The number of rotatable bonds is 3. The predicted octanol–water partition coefficient (Wildman–Crippen LogP) is 1.74. The molecule has 0 spiro atoms. The molecule has 1 aromatic rings. The zero-order valence-corrected chi connectivity index (χ0v) is 12.3. The molecule has 1 fully saturated rings. The molecule has 5 nitrogen and oxygen atoms in total. The summed E-state index contributed by atoms with van der Waals surface area (Å²) in [5.74, 6) is 0.602. The lowest BCUT2D eigenvalue weighted by Crippen LogP contribution is -2.35. The third kappa shape index (κ3) is 3.19. The maximum Gasteiger partial charge on any atom is 0.191 e. The van der Waals surface area contributed by atoms with E-state index in [1.807, 2.05) is 11.9 Å². The quantitative estimate of drug-likeness (QED) is 0.669. The SMILES string of the molecule is CN(C(N)=NCc1nnc(C(C)(C)C)s1)C1CC1. The molecule has 1 saturated carbocycles. The molecular weight excluding hydrogens is 246 g/mol. The van der Waals surface area contributed by atoms with Crippen LogP contribution in [0.1, 0.15) is 43.6 Å². The highest BCUT2D eigenvalue weighted by Gasteiger charge is 2.27. The van der Waals surface area contributed by atoms with E-state index in [1.54, 1.807) is 11.3 Å². The Morgan fingerprint density at radius 1 is 1.44 bits per heavy atom. The Balaban J connectivity index is 1.97. The number of aliphatic imine (C=N–C) groups is 1. The highest BCUT2D eigenvalue weighted by molar-refractivity contribution is 7.11. The van der Waals surface area contributed by atoms with Crippen LogP contribution in [0, 0.1) is 0 Å². The average molecular weight is 267 g/mol. The summed E-state index contributed by atoms with van der Waals surface area (Å²) in [5, 5.41) is 10.3. The second-order valence-electron chi connectivity index (χ2n) is 5.77. The van der Waals surface area contributed by atoms with Crippen LogP contribution in [0.25, 0.3) is 0 Å². The van der Waals surface area contributed by atoms with E-state index in [1.165, 1.54) is 12.8 Å². The van der Waals surface area contributed by atoms with E-state index in [9.17, 15) is 0 Å². The second kappa shape index (κ2) is 4.84. The molecule has 18 heavy (non-hydrogen) atoms. The number of hydrogen-bond donors (Lipinski definition) is 1. The van der Waals surface area contributed by atoms with Crippen molar-refractivity contribution in [3.63, 3.8) is 0 Å². The van der Waals surface area contributed by atoms with Gasteiger partial charge in [0.05, 0.1) is 6.54 Å².